The Morgan fingerprint density at radius 1 is 1.29 bits per heavy atom. The van der Waals surface area contributed by atoms with Crippen molar-refractivity contribution in [3.63, 3.8) is 0 Å². The van der Waals surface area contributed by atoms with Crippen molar-refractivity contribution in [2.45, 2.75) is 44.2 Å². The van der Waals surface area contributed by atoms with E-state index in [1.807, 2.05) is 0 Å². The molecule has 3 heteroatoms. The summed E-state index contributed by atoms with van der Waals surface area (Å²) in [6, 6.07) is 1.52. The Kier molecular flexibility index (Phi) is 3.40. The Labute approximate surface area is 86.6 Å². The lowest BCUT2D eigenvalue weighted by molar-refractivity contribution is 0.220. The SMILES string of the molecule is CNC1CCC(N2C=NCCC2)CC1. The highest BCUT2D eigenvalue weighted by Gasteiger charge is 2.24. The largest absolute Gasteiger partial charge is 0.360 e. The maximum Gasteiger partial charge on any atom is 0.0852 e. The molecule has 1 aliphatic heterocycles. The molecule has 0 spiro atoms. The molecule has 0 saturated heterocycles. The molecule has 1 fully saturated rings. The molecule has 0 atom stereocenters. The Balaban J connectivity index is 1.82. The molecule has 0 radical (unpaired) electrons. The number of nitrogens with one attached hydrogen (secondary N) is 1. The standard InChI is InChI=1S/C11H21N3/c1-12-10-3-5-11(6-4-10)14-8-2-7-13-9-14/h9-12H,2-8H2,1H3. The molecule has 1 heterocycles. The highest BCUT2D eigenvalue weighted by molar-refractivity contribution is 5.56. The van der Waals surface area contributed by atoms with Gasteiger partial charge in [-0.1, -0.05) is 0 Å². The maximum absolute atomic E-state index is 4.36. The summed E-state index contributed by atoms with van der Waals surface area (Å²) in [5, 5.41) is 3.38. The van der Waals surface area contributed by atoms with Gasteiger partial charge in [0.25, 0.3) is 0 Å². The third kappa shape index (κ3) is 2.27. The van der Waals surface area contributed by atoms with Gasteiger partial charge in [-0.05, 0) is 39.2 Å². The van der Waals surface area contributed by atoms with Gasteiger partial charge in [-0.25, -0.2) is 0 Å². The molecule has 2 aliphatic rings. The molecule has 0 aromatic carbocycles. The first kappa shape index (κ1) is 9.97. The van der Waals surface area contributed by atoms with E-state index in [-0.39, 0.29) is 0 Å². The van der Waals surface area contributed by atoms with E-state index in [1.54, 1.807) is 0 Å². The van der Waals surface area contributed by atoms with Crippen LogP contribution in [0.4, 0.5) is 0 Å². The summed E-state index contributed by atoms with van der Waals surface area (Å²) < 4.78 is 0. The van der Waals surface area contributed by atoms with Gasteiger partial charge in [0.2, 0.25) is 0 Å². The predicted molar refractivity (Wildman–Crippen MR) is 59.8 cm³/mol. The molecule has 0 bridgehead atoms. The van der Waals surface area contributed by atoms with E-state index in [4.69, 9.17) is 0 Å². The van der Waals surface area contributed by atoms with Gasteiger partial charge in [-0.3, -0.25) is 4.99 Å². The van der Waals surface area contributed by atoms with Crippen molar-refractivity contribution in [3.05, 3.63) is 0 Å². The molecule has 1 aliphatic carbocycles. The smallest absolute Gasteiger partial charge is 0.0852 e. The number of rotatable bonds is 2. The van der Waals surface area contributed by atoms with Crippen LogP contribution in [0.1, 0.15) is 32.1 Å². The van der Waals surface area contributed by atoms with Gasteiger partial charge in [0.1, 0.15) is 0 Å². The molecular weight excluding hydrogens is 174 g/mol. The van der Waals surface area contributed by atoms with Crippen molar-refractivity contribution in [2.75, 3.05) is 20.1 Å². The Bertz CT molecular complexity index is 195. The van der Waals surface area contributed by atoms with E-state index < -0.39 is 0 Å². The summed E-state index contributed by atoms with van der Waals surface area (Å²) in [6.45, 7) is 2.25. The van der Waals surface area contributed by atoms with Crippen molar-refractivity contribution in [1.29, 1.82) is 0 Å². The number of aliphatic imine (C=N–C) groups is 1. The summed E-state index contributed by atoms with van der Waals surface area (Å²) in [5.41, 5.74) is 0. The van der Waals surface area contributed by atoms with Gasteiger partial charge in [0.05, 0.1) is 6.34 Å². The molecule has 0 unspecified atom stereocenters. The molecule has 14 heavy (non-hydrogen) atoms. The van der Waals surface area contributed by atoms with Gasteiger partial charge in [0.15, 0.2) is 0 Å². The highest BCUT2D eigenvalue weighted by Crippen LogP contribution is 2.23. The van der Waals surface area contributed by atoms with E-state index >= 15 is 0 Å². The van der Waals surface area contributed by atoms with Crippen LogP contribution in [-0.2, 0) is 0 Å². The van der Waals surface area contributed by atoms with Crippen molar-refractivity contribution in [1.82, 2.24) is 10.2 Å². The zero-order valence-electron chi connectivity index (χ0n) is 9.08. The molecule has 0 aromatic heterocycles. The minimum atomic E-state index is 0.757. The van der Waals surface area contributed by atoms with Crippen molar-refractivity contribution in [2.24, 2.45) is 4.99 Å². The molecule has 0 aromatic rings. The Morgan fingerprint density at radius 3 is 2.64 bits per heavy atom. The first-order valence-electron chi connectivity index (χ1n) is 5.83. The third-order valence-corrected chi connectivity index (χ3v) is 3.51. The minimum absolute atomic E-state index is 0.757. The molecule has 2 rings (SSSR count). The lowest BCUT2D eigenvalue weighted by Crippen LogP contribution is -2.42. The van der Waals surface area contributed by atoms with Crippen LogP contribution in [-0.4, -0.2) is 43.5 Å². The van der Waals surface area contributed by atoms with E-state index in [2.05, 4.69) is 28.6 Å². The summed E-state index contributed by atoms with van der Waals surface area (Å²) >= 11 is 0. The second kappa shape index (κ2) is 4.78. The first-order valence-corrected chi connectivity index (χ1v) is 5.83. The summed E-state index contributed by atoms with van der Waals surface area (Å²) in [7, 11) is 2.08. The highest BCUT2D eigenvalue weighted by atomic mass is 15.2. The second-order valence-corrected chi connectivity index (χ2v) is 4.41. The molecule has 1 N–H and O–H groups in total. The Morgan fingerprint density at radius 2 is 2.07 bits per heavy atom. The first-order chi connectivity index (χ1) is 6.90. The quantitative estimate of drug-likeness (QED) is 0.718. The minimum Gasteiger partial charge on any atom is -0.360 e. The van der Waals surface area contributed by atoms with Crippen molar-refractivity contribution in [3.8, 4) is 0 Å². The number of nitrogens with zero attached hydrogens (tertiary/aromatic N) is 2. The van der Waals surface area contributed by atoms with Gasteiger partial charge in [-0.15, -0.1) is 0 Å². The van der Waals surface area contributed by atoms with Crippen LogP contribution in [0.2, 0.25) is 0 Å². The number of hydrogen-bond acceptors (Lipinski definition) is 3. The van der Waals surface area contributed by atoms with Crippen LogP contribution in [0, 0.1) is 0 Å². The fourth-order valence-corrected chi connectivity index (χ4v) is 2.54. The molecule has 3 nitrogen and oxygen atoms in total. The lowest BCUT2D eigenvalue weighted by atomic mass is 9.90. The molecule has 1 saturated carbocycles. The monoisotopic (exact) mass is 195 g/mol. The average Bonchev–Trinajstić information content (AvgIpc) is 2.30. The normalized spacial score (nSPS) is 33.4. The van der Waals surface area contributed by atoms with Crippen LogP contribution in [0.5, 0.6) is 0 Å². The Hall–Kier alpha value is -0.570. The molecule has 0 amide bonds. The van der Waals surface area contributed by atoms with E-state index in [1.165, 1.54) is 38.6 Å². The number of hydrogen-bond donors (Lipinski definition) is 1. The molecular formula is C11H21N3. The summed E-state index contributed by atoms with van der Waals surface area (Å²) in [6.07, 6.45) is 8.63. The fraction of sp³-hybridized carbons (Fsp3) is 0.909. The maximum atomic E-state index is 4.36. The fourth-order valence-electron chi connectivity index (χ4n) is 2.54. The predicted octanol–water partition coefficient (Wildman–Crippen LogP) is 1.25. The average molecular weight is 195 g/mol. The van der Waals surface area contributed by atoms with Gasteiger partial charge in [-0.2, -0.15) is 0 Å². The van der Waals surface area contributed by atoms with E-state index in [0.29, 0.717) is 0 Å². The third-order valence-electron chi connectivity index (χ3n) is 3.51. The zero-order valence-corrected chi connectivity index (χ0v) is 9.08. The van der Waals surface area contributed by atoms with Crippen LogP contribution in [0.15, 0.2) is 4.99 Å². The van der Waals surface area contributed by atoms with Crippen LogP contribution in [0.25, 0.3) is 0 Å². The van der Waals surface area contributed by atoms with Crippen LogP contribution >= 0.6 is 0 Å². The van der Waals surface area contributed by atoms with Gasteiger partial charge < -0.3 is 10.2 Å². The lowest BCUT2D eigenvalue weighted by Gasteiger charge is -2.36. The summed E-state index contributed by atoms with van der Waals surface area (Å²) in [4.78, 5) is 6.81. The summed E-state index contributed by atoms with van der Waals surface area (Å²) in [5.74, 6) is 0. The van der Waals surface area contributed by atoms with Crippen molar-refractivity contribution >= 4 is 6.34 Å². The topological polar surface area (TPSA) is 27.6 Å². The second-order valence-electron chi connectivity index (χ2n) is 4.41. The zero-order chi connectivity index (χ0) is 9.80. The van der Waals surface area contributed by atoms with Gasteiger partial charge in [0, 0.05) is 25.2 Å². The van der Waals surface area contributed by atoms with Crippen molar-refractivity contribution < 1.29 is 0 Å². The van der Waals surface area contributed by atoms with E-state index in [9.17, 15) is 0 Å². The van der Waals surface area contributed by atoms with Crippen LogP contribution in [0.3, 0.4) is 0 Å². The van der Waals surface area contributed by atoms with Crippen LogP contribution < -0.4 is 5.32 Å². The van der Waals surface area contributed by atoms with Gasteiger partial charge >= 0.3 is 0 Å². The molecule has 80 valence electrons. The van der Waals surface area contributed by atoms with E-state index in [0.717, 1.165) is 18.6 Å².